The Morgan fingerprint density at radius 3 is 2.44 bits per heavy atom. The van der Waals surface area contributed by atoms with Crippen LogP contribution < -0.4 is 0 Å². The summed E-state index contributed by atoms with van der Waals surface area (Å²) >= 11 is 0. The molecule has 3 rings (SSSR count). The lowest BCUT2D eigenvalue weighted by Gasteiger charge is -2.32. The summed E-state index contributed by atoms with van der Waals surface area (Å²) in [6.45, 7) is 2.96. The van der Waals surface area contributed by atoms with Gasteiger partial charge in [-0.3, -0.25) is 4.79 Å². The average Bonchev–Trinajstić information content (AvgIpc) is 3.05. The molecule has 150 valence electrons. The molecule has 2 N–H and O–H groups in total. The maximum atomic E-state index is 12.9. The van der Waals surface area contributed by atoms with Gasteiger partial charge in [0.2, 0.25) is 0 Å². The standard InChI is InChI=1S/C19H25F3N2O3/c20-19(21,22)16-3-1-2-13(8-16)18(27)24-10-14(15(11-24)12-25)9-23-6-4-17(26)5-7-23/h1-3,8,14-15,17,25-26H,4-7,9-12H2/t14-,15-/m1/s1. The van der Waals surface area contributed by atoms with Crippen molar-refractivity contribution in [3.05, 3.63) is 35.4 Å². The van der Waals surface area contributed by atoms with E-state index in [9.17, 15) is 28.2 Å². The predicted molar refractivity (Wildman–Crippen MR) is 93.1 cm³/mol. The zero-order valence-corrected chi connectivity index (χ0v) is 15.0. The first-order chi connectivity index (χ1) is 12.8. The van der Waals surface area contributed by atoms with Gasteiger partial charge in [-0.1, -0.05) is 6.07 Å². The second-order valence-electron chi connectivity index (χ2n) is 7.52. The number of aliphatic hydroxyl groups is 2. The fraction of sp³-hybridized carbons (Fsp3) is 0.632. The molecule has 0 radical (unpaired) electrons. The van der Waals surface area contributed by atoms with Crippen LogP contribution in [0.15, 0.2) is 24.3 Å². The number of benzene rings is 1. The highest BCUT2D eigenvalue weighted by Crippen LogP contribution is 2.31. The van der Waals surface area contributed by atoms with E-state index in [0.29, 0.717) is 32.5 Å². The molecule has 0 unspecified atom stereocenters. The Hall–Kier alpha value is -1.64. The minimum absolute atomic E-state index is 0.0169. The molecule has 2 heterocycles. The number of likely N-dealkylation sites (tertiary alicyclic amines) is 2. The van der Waals surface area contributed by atoms with Crippen LogP contribution in [0.2, 0.25) is 0 Å². The third-order valence-electron chi connectivity index (χ3n) is 5.58. The van der Waals surface area contributed by atoms with E-state index >= 15 is 0 Å². The molecular formula is C19H25F3N2O3. The van der Waals surface area contributed by atoms with Gasteiger partial charge in [-0.05, 0) is 37.0 Å². The van der Waals surface area contributed by atoms with E-state index in [4.69, 9.17) is 0 Å². The topological polar surface area (TPSA) is 64.0 Å². The number of hydrogen-bond donors (Lipinski definition) is 2. The Bertz CT molecular complexity index is 660. The highest BCUT2D eigenvalue weighted by molar-refractivity contribution is 5.94. The largest absolute Gasteiger partial charge is 0.416 e. The Kier molecular flexibility index (Phi) is 6.08. The number of amides is 1. The molecule has 0 bridgehead atoms. The van der Waals surface area contributed by atoms with Gasteiger partial charge >= 0.3 is 6.18 Å². The number of piperidine rings is 1. The fourth-order valence-electron chi connectivity index (χ4n) is 3.96. The Morgan fingerprint density at radius 1 is 1.15 bits per heavy atom. The van der Waals surface area contributed by atoms with Gasteiger partial charge in [0.15, 0.2) is 0 Å². The van der Waals surface area contributed by atoms with Crippen LogP contribution in [0, 0.1) is 11.8 Å². The Morgan fingerprint density at radius 2 is 1.81 bits per heavy atom. The monoisotopic (exact) mass is 386 g/mol. The van der Waals surface area contributed by atoms with Crippen LogP contribution in [-0.2, 0) is 6.18 Å². The number of hydrogen-bond acceptors (Lipinski definition) is 4. The lowest BCUT2D eigenvalue weighted by molar-refractivity contribution is -0.137. The van der Waals surface area contributed by atoms with Gasteiger partial charge in [-0.15, -0.1) is 0 Å². The smallest absolute Gasteiger partial charge is 0.396 e. The van der Waals surface area contributed by atoms with Gasteiger partial charge in [0.05, 0.1) is 11.7 Å². The zero-order valence-electron chi connectivity index (χ0n) is 15.0. The quantitative estimate of drug-likeness (QED) is 0.829. The lowest BCUT2D eigenvalue weighted by Crippen LogP contribution is -2.40. The van der Waals surface area contributed by atoms with E-state index in [-0.39, 0.29) is 30.1 Å². The van der Waals surface area contributed by atoms with E-state index in [2.05, 4.69) is 4.90 Å². The summed E-state index contributed by atoms with van der Waals surface area (Å²) in [7, 11) is 0. The number of nitrogens with zero attached hydrogens (tertiary/aromatic N) is 2. The SMILES string of the molecule is O=C(c1cccc(C(F)(F)F)c1)N1C[C@@H](CN2CCC(O)CC2)[C@@H](CO)C1. The summed E-state index contributed by atoms with van der Waals surface area (Å²) in [5.74, 6) is -0.456. The van der Waals surface area contributed by atoms with Crippen LogP contribution in [-0.4, -0.2) is 71.4 Å². The van der Waals surface area contributed by atoms with Gasteiger partial charge in [-0.25, -0.2) is 0 Å². The third-order valence-corrected chi connectivity index (χ3v) is 5.58. The van der Waals surface area contributed by atoms with Gasteiger partial charge < -0.3 is 20.0 Å². The first-order valence-corrected chi connectivity index (χ1v) is 9.25. The molecular weight excluding hydrogens is 361 g/mol. The summed E-state index contributed by atoms with van der Waals surface area (Å²) in [6, 6.07) is 4.47. The minimum atomic E-state index is -4.49. The molecule has 2 aliphatic heterocycles. The molecule has 27 heavy (non-hydrogen) atoms. The molecule has 1 aromatic carbocycles. The van der Waals surface area contributed by atoms with Crippen molar-refractivity contribution in [2.45, 2.75) is 25.1 Å². The number of carbonyl (C=O) groups excluding carboxylic acids is 1. The molecule has 1 aromatic rings. The maximum Gasteiger partial charge on any atom is 0.416 e. The minimum Gasteiger partial charge on any atom is -0.396 e. The maximum absolute atomic E-state index is 12.9. The Balaban J connectivity index is 1.66. The number of rotatable bonds is 4. The summed E-state index contributed by atoms with van der Waals surface area (Å²) in [5.41, 5.74) is -0.821. The van der Waals surface area contributed by atoms with Gasteiger partial charge in [0.25, 0.3) is 5.91 Å². The molecule has 0 spiro atoms. The molecule has 0 aromatic heterocycles. The molecule has 2 fully saturated rings. The normalized spacial score (nSPS) is 25.1. The van der Waals surface area contributed by atoms with Crippen molar-refractivity contribution in [1.82, 2.24) is 9.80 Å². The first kappa shape index (κ1) is 20.1. The van der Waals surface area contributed by atoms with Gasteiger partial charge in [0.1, 0.15) is 0 Å². The lowest BCUT2D eigenvalue weighted by atomic mass is 9.95. The van der Waals surface area contributed by atoms with Crippen LogP contribution >= 0.6 is 0 Å². The molecule has 0 aliphatic carbocycles. The zero-order chi connectivity index (χ0) is 19.6. The molecule has 2 saturated heterocycles. The molecule has 2 aliphatic rings. The van der Waals surface area contributed by atoms with E-state index in [0.717, 1.165) is 25.2 Å². The summed E-state index contributed by atoms with van der Waals surface area (Å²) < 4.78 is 38.7. The van der Waals surface area contributed by atoms with Crippen molar-refractivity contribution in [1.29, 1.82) is 0 Å². The molecule has 0 saturated carbocycles. The fourth-order valence-corrected chi connectivity index (χ4v) is 3.96. The average molecular weight is 386 g/mol. The van der Waals surface area contributed by atoms with Crippen LogP contribution in [0.1, 0.15) is 28.8 Å². The summed E-state index contributed by atoms with van der Waals surface area (Å²) in [6.07, 6.45) is -3.33. The highest BCUT2D eigenvalue weighted by atomic mass is 19.4. The third kappa shape index (κ3) is 4.80. The molecule has 2 atom stereocenters. The number of halogens is 3. The second kappa shape index (κ2) is 8.16. The molecule has 1 amide bonds. The highest BCUT2D eigenvalue weighted by Gasteiger charge is 2.37. The van der Waals surface area contributed by atoms with Crippen molar-refractivity contribution in [2.75, 3.05) is 39.3 Å². The second-order valence-corrected chi connectivity index (χ2v) is 7.52. The summed E-state index contributed by atoms with van der Waals surface area (Å²) in [4.78, 5) is 16.5. The van der Waals surface area contributed by atoms with E-state index < -0.39 is 17.6 Å². The number of carbonyl (C=O) groups is 1. The van der Waals surface area contributed by atoms with Crippen LogP contribution in [0.25, 0.3) is 0 Å². The van der Waals surface area contributed by atoms with Crippen LogP contribution in [0.5, 0.6) is 0 Å². The van der Waals surface area contributed by atoms with Crippen molar-refractivity contribution in [2.24, 2.45) is 11.8 Å². The van der Waals surface area contributed by atoms with Crippen molar-refractivity contribution in [3.8, 4) is 0 Å². The van der Waals surface area contributed by atoms with Crippen molar-refractivity contribution in [3.63, 3.8) is 0 Å². The molecule has 8 heteroatoms. The number of alkyl halides is 3. The predicted octanol–water partition coefficient (Wildman–Crippen LogP) is 1.84. The van der Waals surface area contributed by atoms with Crippen molar-refractivity contribution >= 4 is 5.91 Å². The van der Waals surface area contributed by atoms with E-state index in [1.165, 1.54) is 12.1 Å². The van der Waals surface area contributed by atoms with Crippen LogP contribution in [0.3, 0.4) is 0 Å². The van der Waals surface area contributed by atoms with Gasteiger partial charge in [-0.2, -0.15) is 13.2 Å². The van der Waals surface area contributed by atoms with E-state index in [1.54, 1.807) is 4.90 Å². The van der Waals surface area contributed by atoms with E-state index in [1.807, 2.05) is 0 Å². The molecule has 5 nitrogen and oxygen atoms in total. The Labute approximate surface area is 156 Å². The first-order valence-electron chi connectivity index (χ1n) is 9.25. The van der Waals surface area contributed by atoms with Gasteiger partial charge in [0, 0.05) is 50.8 Å². The number of aliphatic hydroxyl groups excluding tert-OH is 2. The van der Waals surface area contributed by atoms with Crippen LogP contribution in [0.4, 0.5) is 13.2 Å². The van der Waals surface area contributed by atoms with Crippen molar-refractivity contribution < 1.29 is 28.2 Å². The summed E-state index contributed by atoms with van der Waals surface area (Å²) in [5, 5.41) is 19.3.